The normalized spacial score (nSPS) is 10.6. The maximum atomic E-state index is 14.2. The van der Waals surface area contributed by atoms with Gasteiger partial charge >= 0.3 is 5.97 Å². The fourth-order valence-corrected chi connectivity index (χ4v) is 2.51. The van der Waals surface area contributed by atoms with Gasteiger partial charge in [-0.15, -0.1) is 0 Å². The lowest BCUT2D eigenvalue weighted by Crippen LogP contribution is -2.04. The van der Waals surface area contributed by atoms with Gasteiger partial charge in [-0.1, -0.05) is 36.4 Å². The molecule has 24 heavy (non-hydrogen) atoms. The Morgan fingerprint density at radius 2 is 1.42 bits per heavy atom. The van der Waals surface area contributed by atoms with E-state index in [1.54, 1.807) is 36.4 Å². The molecule has 1 heterocycles. The molecule has 0 saturated carbocycles. The number of aromatic nitrogens is 1. The molecule has 0 aliphatic heterocycles. The van der Waals surface area contributed by atoms with Gasteiger partial charge in [0.15, 0.2) is 0 Å². The highest BCUT2D eigenvalue weighted by Gasteiger charge is 2.16. The van der Waals surface area contributed by atoms with E-state index in [1.807, 2.05) is 0 Å². The molecule has 0 saturated heterocycles. The van der Waals surface area contributed by atoms with Crippen molar-refractivity contribution in [2.75, 3.05) is 0 Å². The second-order valence-corrected chi connectivity index (χ2v) is 5.23. The van der Waals surface area contributed by atoms with Crippen LogP contribution in [0.25, 0.3) is 22.4 Å². The molecular weight excluding hydrogens is 312 g/mol. The summed E-state index contributed by atoms with van der Waals surface area (Å²) in [6.45, 7) is 0. The van der Waals surface area contributed by atoms with Crippen molar-refractivity contribution in [3.63, 3.8) is 0 Å². The number of carboxylic acid groups (broad SMARTS) is 1. The molecule has 0 spiro atoms. The first kappa shape index (κ1) is 15.8. The van der Waals surface area contributed by atoms with Crippen molar-refractivity contribution in [1.29, 1.82) is 0 Å². The Hall–Kier alpha value is -3.08. The Morgan fingerprint density at radius 3 is 2.00 bits per heavy atom. The summed E-state index contributed by atoms with van der Waals surface area (Å²) in [7, 11) is 0. The van der Waals surface area contributed by atoms with Gasteiger partial charge in [-0.3, -0.25) is 9.78 Å². The van der Waals surface area contributed by atoms with Crippen LogP contribution in [0.1, 0.15) is 5.69 Å². The van der Waals surface area contributed by atoms with E-state index in [1.165, 1.54) is 24.3 Å². The molecule has 3 aromatic rings. The summed E-state index contributed by atoms with van der Waals surface area (Å²) in [5, 5.41) is 8.94. The van der Waals surface area contributed by atoms with Crippen LogP contribution in [0.2, 0.25) is 0 Å². The average Bonchev–Trinajstić information content (AvgIpc) is 2.55. The molecule has 3 rings (SSSR count). The zero-order valence-electron chi connectivity index (χ0n) is 12.5. The second kappa shape index (κ2) is 6.58. The summed E-state index contributed by atoms with van der Waals surface area (Å²) < 4.78 is 28.4. The predicted molar refractivity (Wildman–Crippen MR) is 86.4 cm³/mol. The molecule has 0 fully saturated rings. The number of halogens is 2. The lowest BCUT2D eigenvalue weighted by atomic mass is 9.98. The van der Waals surface area contributed by atoms with Gasteiger partial charge in [0.05, 0.1) is 17.8 Å². The van der Waals surface area contributed by atoms with Crippen LogP contribution < -0.4 is 0 Å². The van der Waals surface area contributed by atoms with Gasteiger partial charge in [0.25, 0.3) is 0 Å². The molecular formula is C19H13F2NO2. The van der Waals surface area contributed by atoms with E-state index in [9.17, 15) is 13.6 Å². The molecule has 0 bridgehead atoms. The lowest BCUT2D eigenvalue weighted by molar-refractivity contribution is -0.136. The van der Waals surface area contributed by atoms with Gasteiger partial charge in [-0.05, 0) is 24.3 Å². The fourth-order valence-electron chi connectivity index (χ4n) is 2.51. The van der Waals surface area contributed by atoms with Crippen LogP contribution in [0.5, 0.6) is 0 Å². The van der Waals surface area contributed by atoms with Crippen molar-refractivity contribution in [2.45, 2.75) is 6.42 Å². The van der Waals surface area contributed by atoms with Crippen LogP contribution in [0, 0.1) is 11.6 Å². The lowest BCUT2D eigenvalue weighted by Gasteiger charge is -2.12. The Balaban J connectivity index is 2.24. The van der Waals surface area contributed by atoms with Crippen LogP contribution in [-0.4, -0.2) is 16.1 Å². The first-order chi connectivity index (χ1) is 11.6. The number of rotatable bonds is 4. The van der Waals surface area contributed by atoms with Crippen LogP contribution >= 0.6 is 0 Å². The van der Waals surface area contributed by atoms with Crippen molar-refractivity contribution in [3.05, 3.63) is 78.0 Å². The van der Waals surface area contributed by atoms with E-state index in [2.05, 4.69) is 4.98 Å². The average molecular weight is 325 g/mol. The number of aliphatic carboxylic acids is 1. The van der Waals surface area contributed by atoms with E-state index in [-0.39, 0.29) is 28.9 Å². The minimum Gasteiger partial charge on any atom is -0.481 e. The monoisotopic (exact) mass is 325 g/mol. The third-order valence-electron chi connectivity index (χ3n) is 3.58. The first-order valence-corrected chi connectivity index (χ1v) is 7.28. The number of hydrogen-bond donors (Lipinski definition) is 1. The van der Waals surface area contributed by atoms with Crippen LogP contribution in [0.4, 0.5) is 8.78 Å². The molecule has 1 N–H and O–H groups in total. The summed E-state index contributed by atoms with van der Waals surface area (Å²) in [6, 6.07) is 15.2. The SMILES string of the molecule is O=C(O)Cc1ccc(-c2ccccc2F)c(-c2ccccc2F)n1. The highest BCUT2D eigenvalue weighted by Crippen LogP contribution is 2.33. The van der Waals surface area contributed by atoms with E-state index in [0.717, 1.165) is 0 Å². The zero-order valence-corrected chi connectivity index (χ0v) is 12.5. The van der Waals surface area contributed by atoms with E-state index >= 15 is 0 Å². The van der Waals surface area contributed by atoms with Crippen molar-refractivity contribution in [2.24, 2.45) is 0 Å². The predicted octanol–water partition coefficient (Wildman–Crippen LogP) is 4.32. The van der Waals surface area contributed by atoms with Gasteiger partial charge in [0.1, 0.15) is 11.6 Å². The Labute approximate surface area is 137 Å². The molecule has 0 aliphatic carbocycles. The molecule has 0 radical (unpaired) electrons. The van der Waals surface area contributed by atoms with Crippen molar-refractivity contribution in [3.8, 4) is 22.4 Å². The smallest absolute Gasteiger partial charge is 0.309 e. The van der Waals surface area contributed by atoms with Gasteiger partial charge in [-0.25, -0.2) is 8.78 Å². The highest BCUT2D eigenvalue weighted by molar-refractivity contribution is 5.82. The Morgan fingerprint density at radius 1 is 0.833 bits per heavy atom. The van der Waals surface area contributed by atoms with Crippen molar-refractivity contribution in [1.82, 2.24) is 4.98 Å². The van der Waals surface area contributed by atoms with Crippen molar-refractivity contribution >= 4 is 5.97 Å². The molecule has 1 aromatic heterocycles. The summed E-state index contributed by atoms with van der Waals surface area (Å²) in [6.07, 6.45) is -0.293. The largest absolute Gasteiger partial charge is 0.481 e. The number of hydrogen-bond acceptors (Lipinski definition) is 2. The molecule has 5 heteroatoms. The number of benzene rings is 2. The number of nitrogens with zero attached hydrogens (tertiary/aromatic N) is 1. The second-order valence-electron chi connectivity index (χ2n) is 5.23. The van der Waals surface area contributed by atoms with Crippen molar-refractivity contribution < 1.29 is 18.7 Å². The standard InChI is InChI=1S/C19H13F2NO2/c20-16-7-3-1-5-13(16)14-10-9-12(11-18(23)24)22-19(14)15-6-2-4-8-17(15)21/h1-10H,11H2,(H,23,24). The van der Waals surface area contributed by atoms with Crippen LogP contribution in [0.15, 0.2) is 60.7 Å². The quantitative estimate of drug-likeness (QED) is 0.777. The fraction of sp³-hybridized carbons (Fsp3) is 0.0526. The number of pyridine rings is 1. The van der Waals surface area contributed by atoms with Gasteiger partial charge < -0.3 is 5.11 Å². The summed E-state index contributed by atoms with van der Waals surface area (Å²) in [4.78, 5) is 15.2. The summed E-state index contributed by atoms with van der Waals surface area (Å²) in [5.74, 6) is -2.00. The molecule has 0 amide bonds. The third-order valence-corrected chi connectivity index (χ3v) is 3.58. The van der Waals surface area contributed by atoms with E-state index in [0.29, 0.717) is 5.56 Å². The minimum atomic E-state index is -1.04. The Kier molecular flexibility index (Phi) is 4.33. The van der Waals surface area contributed by atoms with Crippen LogP contribution in [0.3, 0.4) is 0 Å². The highest BCUT2D eigenvalue weighted by atomic mass is 19.1. The van der Waals surface area contributed by atoms with E-state index < -0.39 is 17.6 Å². The van der Waals surface area contributed by atoms with Gasteiger partial charge in [0, 0.05) is 16.7 Å². The molecule has 0 unspecified atom stereocenters. The van der Waals surface area contributed by atoms with Gasteiger partial charge in [0.2, 0.25) is 0 Å². The van der Waals surface area contributed by atoms with Crippen LogP contribution in [-0.2, 0) is 11.2 Å². The molecule has 3 nitrogen and oxygen atoms in total. The Bertz CT molecular complexity index is 909. The maximum absolute atomic E-state index is 14.2. The van der Waals surface area contributed by atoms with Gasteiger partial charge in [-0.2, -0.15) is 0 Å². The zero-order chi connectivity index (χ0) is 17.1. The summed E-state index contributed by atoms with van der Waals surface area (Å²) >= 11 is 0. The topological polar surface area (TPSA) is 50.2 Å². The first-order valence-electron chi connectivity index (χ1n) is 7.28. The maximum Gasteiger partial charge on any atom is 0.309 e. The molecule has 0 aliphatic rings. The third kappa shape index (κ3) is 3.15. The molecule has 120 valence electrons. The minimum absolute atomic E-state index is 0.197. The molecule has 0 atom stereocenters. The summed E-state index contributed by atoms with van der Waals surface area (Å²) in [5.41, 5.74) is 1.39. The van der Waals surface area contributed by atoms with E-state index in [4.69, 9.17) is 5.11 Å². The number of carbonyl (C=O) groups is 1. The number of carboxylic acids is 1. The molecule has 2 aromatic carbocycles.